The molecule has 1 N–H and O–H groups in total. The molecule has 1 aliphatic rings. The summed E-state index contributed by atoms with van der Waals surface area (Å²) in [6, 6.07) is 8.55. The maximum absolute atomic E-state index is 11.7. The van der Waals surface area contributed by atoms with E-state index in [2.05, 4.69) is 15.0 Å². The van der Waals surface area contributed by atoms with Gasteiger partial charge in [-0.1, -0.05) is 11.8 Å². The average molecular weight is 504 g/mol. The molecular weight excluding hydrogens is 478 g/mol. The van der Waals surface area contributed by atoms with Crippen molar-refractivity contribution in [1.82, 2.24) is 9.97 Å². The molecule has 2 atom stereocenters. The lowest BCUT2D eigenvalue weighted by molar-refractivity contribution is -0.107. The van der Waals surface area contributed by atoms with E-state index in [0.717, 1.165) is 34.2 Å². The van der Waals surface area contributed by atoms with Crippen molar-refractivity contribution in [2.24, 2.45) is 4.99 Å². The molecule has 3 heterocycles. The SMILES string of the molecule is COCC(C)Oc1cc(Oc2ccc(S(C)(=O)=O)nc2)cc2cc(C3=NCC(CC=O)S3)[nH]c12. The van der Waals surface area contributed by atoms with Gasteiger partial charge in [-0.15, -0.1) is 0 Å². The number of sulfone groups is 1. The molecule has 0 spiro atoms. The van der Waals surface area contributed by atoms with Gasteiger partial charge >= 0.3 is 0 Å². The summed E-state index contributed by atoms with van der Waals surface area (Å²) in [4.78, 5) is 22.8. The average Bonchev–Trinajstić information content (AvgIpc) is 3.41. The molecule has 4 rings (SSSR count). The van der Waals surface area contributed by atoms with Crippen molar-refractivity contribution in [3.63, 3.8) is 0 Å². The van der Waals surface area contributed by atoms with Gasteiger partial charge in [0, 0.05) is 36.5 Å². The minimum atomic E-state index is -3.40. The Labute approximate surface area is 201 Å². The van der Waals surface area contributed by atoms with E-state index in [1.165, 1.54) is 12.3 Å². The van der Waals surface area contributed by atoms with Crippen LogP contribution in [0.1, 0.15) is 19.0 Å². The first kappa shape index (κ1) is 24.2. The molecular formula is C23H25N3O6S2. The molecule has 34 heavy (non-hydrogen) atoms. The second kappa shape index (κ2) is 10.2. The fourth-order valence-electron chi connectivity index (χ4n) is 3.52. The van der Waals surface area contributed by atoms with Gasteiger partial charge in [-0.25, -0.2) is 13.4 Å². The molecule has 3 aromatic rings. The summed E-state index contributed by atoms with van der Waals surface area (Å²) in [5.74, 6) is 1.48. The number of ether oxygens (including phenoxy) is 3. The van der Waals surface area contributed by atoms with E-state index in [4.69, 9.17) is 14.2 Å². The van der Waals surface area contributed by atoms with Crippen molar-refractivity contribution in [3.05, 3.63) is 42.2 Å². The van der Waals surface area contributed by atoms with Gasteiger partial charge in [0.1, 0.15) is 34.7 Å². The van der Waals surface area contributed by atoms with Crippen LogP contribution in [0.15, 0.2) is 46.5 Å². The standard InChI is InChI=1S/C23H25N3O6S2/c1-14(13-30-2)31-20-10-17(32-16-4-5-21(24-11-16)34(3,28)29)8-15-9-19(26-22(15)20)23-25-12-18(33-23)6-7-27/h4-5,7-11,14,18,26H,6,12-13H2,1-3H3. The van der Waals surface area contributed by atoms with E-state index in [0.29, 0.717) is 36.8 Å². The number of aromatic amines is 1. The number of benzene rings is 1. The lowest BCUT2D eigenvalue weighted by atomic mass is 10.2. The second-order valence-corrected chi connectivity index (χ2v) is 11.2. The number of aldehydes is 1. The van der Waals surface area contributed by atoms with Gasteiger partial charge in [0.05, 0.1) is 30.6 Å². The molecule has 0 aliphatic carbocycles. The predicted molar refractivity (Wildman–Crippen MR) is 131 cm³/mol. The summed E-state index contributed by atoms with van der Waals surface area (Å²) in [5, 5.41) is 1.83. The third-order valence-electron chi connectivity index (χ3n) is 5.03. The normalized spacial score (nSPS) is 16.9. The van der Waals surface area contributed by atoms with Crippen molar-refractivity contribution in [1.29, 1.82) is 0 Å². The number of aromatic nitrogens is 2. The van der Waals surface area contributed by atoms with Crippen molar-refractivity contribution in [2.45, 2.75) is 29.7 Å². The third kappa shape index (κ3) is 5.60. The first-order valence-corrected chi connectivity index (χ1v) is 13.4. The van der Waals surface area contributed by atoms with Crippen LogP contribution in [0.25, 0.3) is 10.9 Å². The second-order valence-electron chi connectivity index (χ2n) is 7.95. The van der Waals surface area contributed by atoms with E-state index < -0.39 is 9.84 Å². The number of methoxy groups -OCH3 is 1. The Kier molecular flexibility index (Phi) is 7.24. The molecule has 0 saturated carbocycles. The van der Waals surface area contributed by atoms with E-state index >= 15 is 0 Å². The predicted octanol–water partition coefficient (Wildman–Crippen LogP) is 3.62. The summed E-state index contributed by atoms with van der Waals surface area (Å²) in [7, 11) is -1.78. The van der Waals surface area contributed by atoms with Crippen LogP contribution in [0.5, 0.6) is 17.2 Å². The maximum Gasteiger partial charge on any atom is 0.192 e. The van der Waals surface area contributed by atoms with Crippen LogP contribution in [0.3, 0.4) is 0 Å². The topological polar surface area (TPSA) is 120 Å². The van der Waals surface area contributed by atoms with Gasteiger partial charge in [0.2, 0.25) is 0 Å². The lowest BCUT2D eigenvalue weighted by Crippen LogP contribution is -2.18. The number of pyridine rings is 1. The molecule has 0 radical (unpaired) electrons. The highest BCUT2D eigenvalue weighted by Gasteiger charge is 2.23. The van der Waals surface area contributed by atoms with Crippen LogP contribution in [-0.4, -0.2) is 67.6 Å². The van der Waals surface area contributed by atoms with Crippen LogP contribution in [0.2, 0.25) is 0 Å². The largest absolute Gasteiger partial charge is 0.486 e. The highest BCUT2D eigenvalue weighted by molar-refractivity contribution is 8.15. The summed E-state index contributed by atoms with van der Waals surface area (Å²) < 4.78 is 40.6. The Morgan fingerprint density at radius 2 is 2.09 bits per heavy atom. The van der Waals surface area contributed by atoms with Crippen molar-refractivity contribution in [3.8, 4) is 17.2 Å². The van der Waals surface area contributed by atoms with Crippen LogP contribution >= 0.6 is 11.8 Å². The van der Waals surface area contributed by atoms with Gasteiger partial charge in [-0.2, -0.15) is 0 Å². The zero-order valence-electron chi connectivity index (χ0n) is 19.0. The minimum absolute atomic E-state index is 0.0225. The fraction of sp³-hybridized carbons (Fsp3) is 0.348. The van der Waals surface area contributed by atoms with Gasteiger partial charge in [0.15, 0.2) is 14.9 Å². The smallest absolute Gasteiger partial charge is 0.192 e. The molecule has 180 valence electrons. The molecule has 11 heteroatoms. The van der Waals surface area contributed by atoms with Crippen LogP contribution < -0.4 is 9.47 Å². The summed E-state index contributed by atoms with van der Waals surface area (Å²) >= 11 is 1.58. The highest BCUT2D eigenvalue weighted by atomic mass is 32.2. The van der Waals surface area contributed by atoms with E-state index in [9.17, 15) is 13.2 Å². The van der Waals surface area contributed by atoms with Gasteiger partial charge in [-0.05, 0) is 31.2 Å². The number of fused-ring (bicyclic) bond motifs is 1. The number of nitrogens with one attached hydrogen (secondary N) is 1. The minimum Gasteiger partial charge on any atom is -0.486 e. The molecule has 1 aliphatic heterocycles. The van der Waals surface area contributed by atoms with Crippen LogP contribution in [0, 0.1) is 0 Å². The number of H-pyrrole nitrogens is 1. The number of hydrogen-bond acceptors (Lipinski definition) is 9. The van der Waals surface area contributed by atoms with Crippen molar-refractivity contribution in [2.75, 3.05) is 26.5 Å². The van der Waals surface area contributed by atoms with Gasteiger partial charge in [0.25, 0.3) is 0 Å². The number of hydrogen-bond donors (Lipinski definition) is 1. The van der Waals surface area contributed by atoms with Crippen molar-refractivity contribution < 1.29 is 27.4 Å². The molecule has 0 saturated heterocycles. The summed E-state index contributed by atoms with van der Waals surface area (Å²) in [6.45, 7) is 2.92. The molecule has 0 fully saturated rings. The first-order chi connectivity index (χ1) is 16.3. The van der Waals surface area contributed by atoms with E-state index in [1.807, 2.05) is 19.1 Å². The number of thioether (sulfide) groups is 1. The number of carbonyl (C=O) groups is 1. The number of aliphatic imine (C=N–C) groups is 1. The lowest BCUT2D eigenvalue weighted by Gasteiger charge is -2.16. The van der Waals surface area contributed by atoms with Gasteiger partial charge in [-0.3, -0.25) is 4.99 Å². The van der Waals surface area contributed by atoms with Gasteiger partial charge < -0.3 is 24.0 Å². The highest BCUT2D eigenvalue weighted by Crippen LogP contribution is 2.36. The Morgan fingerprint density at radius 1 is 1.26 bits per heavy atom. The van der Waals surface area contributed by atoms with Crippen molar-refractivity contribution >= 4 is 43.8 Å². The van der Waals surface area contributed by atoms with Crippen LogP contribution in [-0.2, 0) is 19.4 Å². The molecule has 0 amide bonds. The Balaban J connectivity index is 1.66. The number of rotatable bonds is 10. The number of carbonyl (C=O) groups excluding carboxylic acids is 1. The zero-order valence-corrected chi connectivity index (χ0v) is 20.6. The molecule has 1 aromatic carbocycles. The maximum atomic E-state index is 11.7. The van der Waals surface area contributed by atoms with E-state index in [1.54, 1.807) is 31.0 Å². The fourth-order valence-corrected chi connectivity index (χ4v) is 5.10. The number of nitrogens with zero attached hydrogens (tertiary/aromatic N) is 2. The van der Waals surface area contributed by atoms with E-state index in [-0.39, 0.29) is 16.4 Å². The molecule has 2 unspecified atom stereocenters. The third-order valence-corrected chi connectivity index (χ3v) is 7.27. The Bertz CT molecular complexity index is 1320. The quantitative estimate of drug-likeness (QED) is 0.417. The summed E-state index contributed by atoms with van der Waals surface area (Å²) in [5.41, 5.74) is 1.63. The molecule has 2 aromatic heterocycles. The first-order valence-electron chi connectivity index (χ1n) is 10.6. The molecule has 0 bridgehead atoms. The monoisotopic (exact) mass is 503 g/mol. The Morgan fingerprint density at radius 3 is 2.76 bits per heavy atom. The summed E-state index contributed by atoms with van der Waals surface area (Å²) in [6.07, 6.45) is 3.65. The Hall–Kier alpha value is -2.89. The molecule has 9 nitrogen and oxygen atoms in total. The van der Waals surface area contributed by atoms with Crippen LogP contribution in [0.4, 0.5) is 0 Å². The zero-order chi connectivity index (χ0) is 24.3.